The first kappa shape index (κ1) is 18.1. The second-order valence-corrected chi connectivity index (χ2v) is 8.53. The fourth-order valence-corrected chi connectivity index (χ4v) is 4.73. The summed E-state index contributed by atoms with van der Waals surface area (Å²) in [5.74, 6) is 2.47. The molecule has 3 rings (SSSR count). The molecule has 23 heavy (non-hydrogen) atoms. The van der Waals surface area contributed by atoms with Crippen LogP contribution in [0, 0.1) is 0 Å². The molecule has 1 heterocycles. The van der Waals surface area contributed by atoms with Gasteiger partial charge in [-0.2, -0.15) is 11.8 Å². The number of sulfone groups is 1. The highest BCUT2D eigenvalue weighted by molar-refractivity contribution is 8.08. The molecule has 0 aliphatic carbocycles. The Morgan fingerprint density at radius 2 is 1.57 bits per heavy atom. The summed E-state index contributed by atoms with van der Waals surface area (Å²) in [4.78, 5) is 0.353. The number of ether oxygens (including phenoxy) is 1. The van der Waals surface area contributed by atoms with E-state index in [1.165, 1.54) is 0 Å². The Balaban J connectivity index is 0.00000192. The van der Waals surface area contributed by atoms with Crippen LogP contribution in [0.1, 0.15) is 5.56 Å². The molecule has 0 amide bonds. The molecule has 0 aromatic heterocycles. The molecule has 0 spiro atoms. The standard InChI is InChI=1S/C16H17NO3S2.ClH/c17-9-12-1-3-13(4-2-12)20-14-5-7-16(8-6-14)22(18,19)11-15-10-21-15;/h1-8,15H,9-11,17H2;1H. The lowest BCUT2D eigenvalue weighted by atomic mass is 10.2. The number of halogens is 1. The number of benzene rings is 2. The molecule has 124 valence electrons. The van der Waals surface area contributed by atoms with E-state index < -0.39 is 9.84 Å². The molecule has 7 heteroatoms. The number of hydrogen-bond donors (Lipinski definition) is 1. The molecule has 0 radical (unpaired) electrons. The number of hydrogen-bond acceptors (Lipinski definition) is 5. The summed E-state index contributed by atoms with van der Waals surface area (Å²) in [6.45, 7) is 0.492. The summed E-state index contributed by atoms with van der Waals surface area (Å²) in [6.07, 6.45) is 0. The molecular formula is C16H18ClNO3S2. The predicted octanol–water partition coefficient (Wildman–Crippen LogP) is 3.25. The molecule has 2 aromatic carbocycles. The molecule has 0 bridgehead atoms. The van der Waals surface area contributed by atoms with Crippen molar-refractivity contribution < 1.29 is 13.2 Å². The van der Waals surface area contributed by atoms with Crippen molar-refractivity contribution in [2.24, 2.45) is 5.73 Å². The minimum Gasteiger partial charge on any atom is -0.457 e. The molecule has 1 atom stereocenters. The van der Waals surface area contributed by atoms with Crippen molar-refractivity contribution in [3.63, 3.8) is 0 Å². The Bertz CT molecular complexity index is 742. The SMILES string of the molecule is Cl.NCc1ccc(Oc2ccc(S(=O)(=O)CC3CS3)cc2)cc1. The summed E-state index contributed by atoms with van der Waals surface area (Å²) in [5, 5.41) is 0.266. The Hall–Kier alpha value is -1.21. The van der Waals surface area contributed by atoms with Crippen LogP contribution in [0.4, 0.5) is 0 Å². The Labute approximate surface area is 146 Å². The van der Waals surface area contributed by atoms with Gasteiger partial charge in [0.1, 0.15) is 11.5 Å². The molecule has 2 N–H and O–H groups in total. The molecule has 1 aliphatic heterocycles. The van der Waals surface area contributed by atoms with Gasteiger partial charge in [0.05, 0.1) is 10.6 Å². The van der Waals surface area contributed by atoms with Gasteiger partial charge in [0, 0.05) is 17.5 Å². The molecular weight excluding hydrogens is 354 g/mol. The molecule has 1 aliphatic rings. The first-order valence-electron chi connectivity index (χ1n) is 6.98. The normalized spacial score (nSPS) is 16.5. The van der Waals surface area contributed by atoms with Crippen LogP contribution in [0.5, 0.6) is 11.5 Å². The van der Waals surface area contributed by atoms with Gasteiger partial charge in [0.2, 0.25) is 0 Å². The number of thioether (sulfide) groups is 1. The first-order chi connectivity index (χ1) is 10.6. The third-order valence-corrected chi connectivity index (χ3v) is 6.40. The summed E-state index contributed by atoms with van der Waals surface area (Å²) in [5.41, 5.74) is 6.58. The zero-order valence-corrected chi connectivity index (χ0v) is 14.8. The summed E-state index contributed by atoms with van der Waals surface area (Å²) >= 11 is 1.68. The zero-order valence-electron chi connectivity index (χ0n) is 12.3. The fourth-order valence-electron chi connectivity index (χ4n) is 2.05. The van der Waals surface area contributed by atoms with Crippen molar-refractivity contribution in [1.82, 2.24) is 0 Å². The van der Waals surface area contributed by atoms with Crippen LogP contribution < -0.4 is 10.5 Å². The van der Waals surface area contributed by atoms with E-state index in [1.807, 2.05) is 24.3 Å². The highest BCUT2D eigenvalue weighted by Gasteiger charge is 2.29. The third-order valence-electron chi connectivity index (χ3n) is 3.39. The lowest BCUT2D eigenvalue weighted by molar-refractivity contribution is 0.482. The second kappa shape index (κ2) is 7.57. The van der Waals surface area contributed by atoms with Crippen LogP contribution >= 0.6 is 24.2 Å². The number of rotatable bonds is 6. The van der Waals surface area contributed by atoms with E-state index in [9.17, 15) is 8.42 Å². The van der Waals surface area contributed by atoms with Crippen molar-refractivity contribution in [1.29, 1.82) is 0 Å². The smallest absolute Gasteiger partial charge is 0.179 e. The predicted molar refractivity (Wildman–Crippen MR) is 96.4 cm³/mol. The monoisotopic (exact) mass is 371 g/mol. The summed E-state index contributed by atoms with van der Waals surface area (Å²) in [6, 6.07) is 14.1. The average molecular weight is 372 g/mol. The van der Waals surface area contributed by atoms with Gasteiger partial charge in [0.25, 0.3) is 0 Å². The van der Waals surface area contributed by atoms with Gasteiger partial charge in [0.15, 0.2) is 9.84 Å². The van der Waals surface area contributed by atoms with Gasteiger partial charge >= 0.3 is 0 Å². The van der Waals surface area contributed by atoms with Crippen LogP contribution in [0.25, 0.3) is 0 Å². The first-order valence-corrected chi connectivity index (χ1v) is 9.68. The minimum atomic E-state index is -3.19. The quantitative estimate of drug-likeness (QED) is 0.789. The van der Waals surface area contributed by atoms with E-state index in [2.05, 4.69) is 0 Å². The fraction of sp³-hybridized carbons (Fsp3) is 0.250. The second-order valence-electron chi connectivity index (χ2n) is 5.16. The third kappa shape index (κ3) is 4.88. The molecule has 2 aromatic rings. The molecule has 0 saturated carbocycles. The molecule has 1 saturated heterocycles. The summed E-state index contributed by atoms with van der Waals surface area (Å²) in [7, 11) is -3.19. The Morgan fingerprint density at radius 1 is 1.04 bits per heavy atom. The maximum Gasteiger partial charge on any atom is 0.179 e. The van der Waals surface area contributed by atoms with Gasteiger partial charge in [-0.15, -0.1) is 12.4 Å². The van der Waals surface area contributed by atoms with Crippen LogP contribution in [-0.2, 0) is 16.4 Å². The van der Waals surface area contributed by atoms with Crippen molar-refractivity contribution in [2.45, 2.75) is 16.7 Å². The highest BCUT2D eigenvalue weighted by atomic mass is 35.5. The van der Waals surface area contributed by atoms with E-state index in [4.69, 9.17) is 10.5 Å². The van der Waals surface area contributed by atoms with Gasteiger partial charge < -0.3 is 10.5 Å². The van der Waals surface area contributed by atoms with Crippen LogP contribution in [0.3, 0.4) is 0 Å². The molecule has 1 unspecified atom stereocenters. The van der Waals surface area contributed by atoms with Gasteiger partial charge in [-0.1, -0.05) is 12.1 Å². The van der Waals surface area contributed by atoms with Crippen molar-refractivity contribution >= 4 is 34.0 Å². The van der Waals surface area contributed by atoms with E-state index in [0.717, 1.165) is 11.3 Å². The zero-order chi connectivity index (χ0) is 15.6. The van der Waals surface area contributed by atoms with Gasteiger partial charge in [-0.05, 0) is 42.0 Å². The van der Waals surface area contributed by atoms with Crippen molar-refractivity contribution in [2.75, 3.05) is 11.5 Å². The maximum absolute atomic E-state index is 12.2. The van der Waals surface area contributed by atoms with Crippen molar-refractivity contribution in [3.05, 3.63) is 54.1 Å². The van der Waals surface area contributed by atoms with Crippen molar-refractivity contribution in [3.8, 4) is 11.5 Å². The minimum absolute atomic E-state index is 0. The Kier molecular flexibility index (Phi) is 5.97. The van der Waals surface area contributed by atoms with Gasteiger partial charge in [-0.25, -0.2) is 8.42 Å². The highest BCUT2D eigenvalue weighted by Crippen LogP contribution is 2.33. The molecule has 1 fully saturated rings. The van der Waals surface area contributed by atoms with E-state index >= 15 is 0 Å². The lowest BCUT2D eigenvalue weighted by Crippen LogP contribution is -2.10. The maximum atomic E-state index is 12.2. The van der Waals surface area contributed by atoms with Crippen LogP contribution in [0.2, 0.25) is 0 Å². The van der Waals surface area contributed by atoms with E-state index in [1.54, 1.807) is 36.0 Å². The topological polar surface area (TPSA) is 69.4 Å². The largest absolute Gasteiger partial charge is 0.457 e. The lowest BCUT2D eigenvalue weighted by Gasteiger charge is -2.08. The Morgan fingerprint density at radius 3 is 2.04 bits per heavy atom. The van der Waals surface area contributed by atoms with Gasteiger partial charge in [-0.3, -0.25) is 0 Å². The van der Waals surface area contributed by atoms with E-state index in [0.29, 0.717) is 22.9 Å². The van der Waals surface area contributed by atoms with Crippen LogP contribution in [-0.4, -0.2) is 25.2 Å². The number of nitrogens with two attached hydrogens (primary N) is 1. The molecule has 4 nitrogen and oxygen atoms in total. The summed E-state index contributed by atoms with van der Waals surface area (Å²) < 4.78 is 30.0. The average Bonchev–Trinajstić information content (AvgIpc) is 3.32. The van der Waals surface area contributed by atoms with Crippen LogP contribution in [0.15, 0.2) is 53.4 Å². The van der Waals surface area contributed by atoms with E-state index in [-0.39, 0.29) is 23.4 Å².